The Labute approximate surface area is 123 Å². The lowest BCUT2D eigenvalue weighted by molar-refractivity contribution is 0.425. The molecule has 3 rings (SSSR count). The summed E-state index contributed by atoms with van der Waals surface area (Å²) in [5.41, 5.74) is 0.457. The van der Waals surface area contributed by atoms with Crippen LogP contribution in [0.2, 0.25) is 0 Å². The minimum Gasteiger partial charge on any atom is -0.464 e. The van der Waals surface area contributed by atoms with Crippen molar-refractivity contribution < 1.29 is 13.2 Å². The van der Waals surface area contributed by atoms with Crippen molar-refractivity contribution in [2.45, 2.75) is 38.8 Å². The van der Waals surface area contributed by atoms with Crippen LogP contribution in [0, 0.1) is 17.6 Å². The summed E-state index contributed by atoms with van der Waals surface area (Å²) in [6.07, 6.45) is 1.19. The van der Waals surface area contributed by atoms with E-state index in [0.717, 1.165) is 17.6 Å². The van der Waals surface area contributed by atoms with Crippen LogP contribution < -0.4 is 5.32 Å². The maximum Gasteiger partial charge on any atom is 0.130 e. The van der Waals surface area contributed by atoms with Crippen molar-refractivity contribution in [1.82, 2.24) is 5.32 Å². The van der Waals surface area contributed by atoms with E-state index in [4.69, 9.17) is 4.42 Å². The summed E-state index contributed by atoms with van der Waals surface area (Å²) in [7, 11) is 0. The van der Waals surface area contributed by atoms with Crippen LogP contribution >= 0.6 is 0 Å². The zero-order valence-electron chi connectivity index (χ0n) is 12.2. The Kier molecular flexibility index (Phi) is 3.81. The van der Waals surface area contributed by atoms with Gasteiger partial charge in [0.25, 0.3) is 0 Å². The van der Waals surface area contributed by atoms with Crippen molar-refractivity contribution in [2.24, 2.45) is 5.92 Å². The molecular formula is C17H19F2NO. The number of hydrogen-bond acceptors (Lipinski definition) is 2. The number of nitrogens with one attached hydrogen (secondary N) is 1. The maximum absolute atomic E-state index is 13.7. The van der Waals surface area contributed by atoms with Gasteiger partial charge in [-0.2, -0.15) is 0 Å². The van der Waals surface area contributed by atoms with E-state index in [1.54, 1.807) is 0 Å². The lowest BCUT2D eigenvalue weighted by Crippen LogP contribution is -2.18. The van der Waals surface area contributed by atoms with Gasteiger partial charge >= 0.3 is 0 Å². The predicted octanol–water partition coefficient (Wildman–Crippen LogP) is 4.53. The largest absolute Gasteiger partial charge is 0.464 e. The number of halogens is 2. The zero-order valence-corrected chi connectivity index (χ0v) is 12.2. The Morgan fingerprint density at radius 3 is 2.71 bits per heavy atom. The van der Waals surface area contributed by atoms with Gasteiger partial charge in [-0.15, -0.1) is 0 Å². The first-order chi connectivity index (χ1) is 10.0. The second kappa shape index (κ2) is 5.60. The highest BCUT2D eigenvalue weighted by Gasteiger charge is 2.36. The molecular weight excluding hydrogens is 272 g/mol. The average molecular weight is 291 g/mol. The molecule has 0 unspecified atom stereocenters. The molecule has 0 amide bonds. The Morgan fingerprint density at radius 2 is 2.05 bits per heavy atom. The summed E-state index contributed by atoms with van der Waals surface area (Å²) in [6.45, 7) is 4.59. The van der Waals surface area contributed by atoms with Crippen LogP contribution in [-0.4, -0.2) is 0 Å². The summed E-state index contributed by atoms with van der Waals surface area (Å²) in [5, 5.41) is 3.20. The lowest BCUT2D eigenvalue weighted by atomic mass is 10.1. The second-order valence-corrected chi connectivity index (χ2v) is 5.89. The molecule has 2 aromatic rings. The van der Waals surface area contributed by atoms with Crippen molar-refractivity contribution in [3.05, 3.63) is 59.1 Å². The molecule has 1 aliphatic carbocycles. The Bertz CT molecular complexity index is 637. The molecule has 1 aromatic heterocycles. The van der Waals surface area contributed by atoms with Gasteiger partial charge in [0.2, 0.25) is 0 Å². The number of hydrogen-bond donors (Lipinski definition) is 1. The minimum atomic E-state index is -0.558. The first kappa shape index (κ1) is 14.3. The van der Waals surface area contributed by atoms with E-state index in [1.165, 1.54) is 18.6 Å². The smallest absolute Gasteiger partial charge is 0.130 e. The van der Waals surface area contributed by atoms with Crippen molar-refractivity contribution in [3.63, 3.8) is 0 Å². The summed E-state index contributed by atoms with van der Waals surface area (Å²) in [6, 6.07) is 7.43. The molecule has 1 aliphatic rings. The third-order valence-corrected chi connectivity index (χ3v) is 4.17. The number of rotatable bonds is 5. The van der Waals surface area contributed by atoms with Crippen LogP contribution in [-0.2, 0) is 6.54 Å². The first-order valence-electron chi connectivity index (χ1n) is 7.31. The molecule has 1 N–H and O–H groups in total. The van der Waals surface area contributed by atoms with E-state index in [0.29, 0.717) is 23.9 Å². The molecule has 3 atom stereocenters. The first-order valence-corrected chi connectivity index (χ1v) is 7.31. The normalized spacial score (nSPS) is 22.3. The second-order valence-electron chi connectivity index (χ2n) is 5.89. The van der Waals surface area contributed by atoms with Crippen LogP contribution in [0.15, 0.2) is 34.7 Å². The fourth-order valence-electron chi connectivity index (χ4n) is 2.62. The molecule has 1 aromatic carbocycles. The van der Waals surface area contributed by atoms with E-state index in [-0.39, 0.29) is 6.04 Å². The molecule has 112 valence electrons. The third-order valence-electron chi connectivity index (χ3n) is 4.17. The van der Waals surface area contributed by atoms with Gasteiger partial charge in [-0.3, -0.25) is 0 Å². The third kappa shape index (κ3) is 3.16. The van der Waals surface area contributed by atoms with Crippen molar-refractivity contribution in [1.29, 1.82) is 0 Å². The van der Waals surface area contributed by atoms with Gasteiger partial charge in [0, 0.05) is 23.6 Å². The van der Waals surface area contributed by atoms with Crippen molar-refractivity contribution >= 4 is 0 Å². The van der Waals surface area contributed by atoms with Crippen molar-refractivity contribution in [2.75, 3.05) is 0 Å². The van der Waals surface area contributed by atoms with E-state index in [9.17, 15) is 8.78 Å². The monoisotopic (exact) mass is 291 g/mol. The SMILES string of the molecule is C[C@H](NCc1ccc([C@@H]2C[C@@H]2C)o1)c1ccc(F)cc1F. The molecule has 4 heteroatoms. The molecule has 1 fully saturated rings. The standard InChI is InChI=1S/C17H19F2NO/c1-10-7-15(10)17-6-4-13(21-17)9-20-11(2)14-5-3-12(18)8-16(14)19/h3-6,8,10-11,15,20H,7,9H2,1-2H3/t10-,11-,15+/m0/s1. The molecule has 0 bridgehead atoms. The average Bonchev–Trinajstić information content (AvgIpc) is 2.99. The Hall–Kier alpha value is -1.68. The zero-order chi connectivity index (χ0) is 15.0. The van der Waals surface area contributed by atoms with Gasteiger partial charge in [0.15, 0.2) is 0 Å². The Balaban J connectivity index is 1.60. The van der Waals surface area contributed by atoms with Crippen LogP contribution in [0.3, 0.4) is 0 Å². The summed E-state index contributed by atoms with van der Waals surface area (Å²) in [5.74, 6) is 2.08. The van der Waals surface area contributed by atoms with Crippen molar-refractivity contribution in [3.8, 4) is 0 Å². The molecule has 2 nitrogen and oxygen atoms in total. The highest BCUT2D eigenvalue weighted by molar-refractivity contribution is 5.22. The highest BCUT2D eigenvalue weighted by atomic mass is 19.1. The maximum atomic E-state index is 13.7. The topological polar surface area (TPSA) is 25.2 Å². The molecule has 0 aliphatic heterocycles. The molecule has 0 saturated heterocycles. The molecule has 21 heavy (non-hydrogen) atoms. The van der Waals surface area contributed by atoms with Gasteiger partial charge < -0.3 is 9.73 Å². The van der Waals surface area contributed by atoms with Gasteiger partial charge in [0.05, 0.1) is 6.54 Å². The fourth-order valence-corrected chi connectivity index (χ4v) is 2.62. The lowest BCUT2D eigenvalue weighted by Gasteiger charge is -2.14. The number of benzene rings is 1. The van der Waals surface area contributed by atoms with Gasteiger partial charge in [-0.1, -0.05) is 13.0 Å². The molecule has 1 heterocycles. The molecule has 0 spiro atoms. The van der Waals surface area contributed by atoms with Crippen LogP contribution in [0.5, 0.6) is 0 Å². The fraction of sp³-hybridized carbons (Fsp3) is 0.412. The Morgan fingerprint density at radius 1 is 1.29 bits per heavy atom. The van der Waals surface area contributed by atoms with E-state index in [2.05, 4.69) is 12.2 Å². The van der Waals surface area contributed by atoms with E-state index in [1.807, 2.05) is 19.1 Å². The predicted molar refractivity (Wildman–Crippen MR) is 76.8 cm³/mol. The summed E-state index contributed by atoms with van der Waals surface area (Å²) < 4.78 is 32.4. The van der Waals surface area contributed by atoms with Gasteiger partial charge in [-0.25, -0.2) is 8.78 Å². The number of furan rings is 1. The summed E-state index contributed by atoms with van der Waals surface area (Å²) in [4.78, 5) is 0. The minimum absolute atomic E-state index is 0.209. The van der Waals surface area contributed by atoms with Crippen LogP contribution in [0.1, 0.15) is 49.3 Å². The highest BCUT2D eigenvalue weighted by Crippen LogP contribution is 2.47. The van der Waals surface area contributed by atoms with Gasteiger partial charge in [-0.05, 0) is 37.5 Å². The molecule has 1 saturated carbocycles. The summed E-state index contributed by atoms with van der Waals surface area (Å²) >= 11 is 0. The molecule has 0 radical (unpaired) electrons. The van der Waals surface area contributed by atoms with E-state index < -0.39 is 11.6 Å². The van der Waals surface area contributed by atoms with E-state index >= 15 is 0 Å². The van der Waals surface area contributed by atoms with Crippen LogP contribution in [0.25, 0.3) is 0 Å². The van der Waals surface area contributed by atoms with Gasteiger partial charge in [0.1, 0.15) is 23.2 Å². The quantitative estimate of drug-likeness (QED) is 0.875. The van der Waals surface area contributed by atoms with Crippen LogP contribution in [0.4, 0.5) is 8.78 Å².